The molecule has 1 unspecified atom stereocenters. The van der Waals surface area contributed by atoms with Crippen molar-refractivity contribution in [1.29, 1.82) is 0 Å². The van der Waals surface area contributed by atoms with Crippen LogP contribution in [0.4, 0.5) is 0 Å². The Balaban J connectivity index is 0. The third-order valence-corrected chi connectivity index (χ3v) is 1.49. The van der Waals surface area contributed by atoms with Gasteiger partial charge in [0.05, 0.1) is 0 Å². The molecular formula is C11H24N2O3. The first-order valence-electron chi connectivity index (χ1n) is 5.26. The van der Waals surface area contributed by atoms with Crippen molar-refractivity contribution in [3.05, 3.63) is 12.7 Å². The molecule has 0 aromatic rings. The zero-order valence-corrected chi connectivity index (χ0v) is 10.5. The number of ether oxygens (including phenoxy) is 1. The molecule has 0 aromatic heterocycles. The van der Waals surface area contributed by atoms with Crippen molar-refractivity contribution < 1.29 is 14.6 Å². The summed E-state index contributed by atoms with van der Waals surface area (Å²) in [5.74, 6) is -0.616. The largest absolute Gasteiger partial charge is 0.460 e. The van der Waals surface area contributed by atoms with Crippen molar-refractivity contribution in [2.75, 3.05) is 33.8 Å². The quantitative estimate of drug-likeness (QED) is 0.498. The highest BCUT2D eigenvalue weighted by Crippen LogP contribution is 1.85. The molecule has 5 heteroatoms. The number of carbonyl (C=O) groups is 1. The van der Waals surface area contributed by atoms with Crippen LogP contribution in [0.1, 0.15) is 13.3 Å². The molecule has 0 aliphatic rings. The molecular weight excluding hydrogens is 208 g/mol. The number of esters is 1. The summed E-state index contributed by atoms with van der Waals surface area (Å²) in [5, 5.41) is 8.54. The van der Waals surface area contributed by atoms with Crippen molar-refractivity contribution in [1.82, 2.24) is 4.90 Å². The van der Waals surface area contributed by atoms with Crippen LogP contribution < -0.4 is 5.73 Å². The average molecular weight is 232 g/mol. The van der Waals surface area contributed by atoms with E-state index in [-0.39, 0.29) is 6.61 Å². The molecule has 16 heavy (non-hydrogen) atoms. The predicted octanol–water partition coefficient (Wildman–Crippen LogP) is -0.00680. The molecule has 0 heterocycles. The molecule has 0 aliphatic carbocycles. The average Bonchev–Trinajstić information content (AvgIpc) is 2.23. The second-order valence-corrected chi connectivity index (χ2v) is 3.54. The highest BCUT2D eigenvalue weighted by atomic mass is 16.5. The van der Waals surface area contributed by atoms with Gasteiger partial charge in [0.25, 0.3) is 0 Å². The van der Waals surface area contributed by atoms with Crippen molar-refractivity contribution in [2.24, 2.45) is 5.73 Å². The lowest BCUT2D eigenvalue weighted by Crippen LogP contribution is -2.19. The molecule has 0 spiro atoms. The molecule has 0 aromatic carbocycles. The van der Waals surface area contributed by atoms with E-state index in [9.17, 15) is 4.79 Å². The predicted molar refractivity (Wildman–Crippen MR) is 65.1 cm³/mol. The number of rotatable bonds is 6. The van der Waals surface area contributed by atoms with Crippen molar-refractivity contribution in [3.63, 3.8) is 0 Å². The molecule has 0 amide bonds. The van der Waals surface area contributed by atoms with E-state index in [2.05, 4.69) is 30.3 Å². The van der Waals surface area contributed by atoms with E-state index < -0.39 is 12.1 Å². The molecule has 1 atom stereocenters. The maximum atomic E-state index is 10.4. The van der Waals surface area contributed by atoms with E-state index in [1.165, 1.54) is 13.0 Å². The molecule has 0 fully saturated rings. The van der Waals surface area contributed by atoms with Crippen LogP contribution in [-0.4, -0.2) is 55.9 Å². The van der Waals surface area contributed by atoms with Gasteiger partial charge in [0.2, 0.25) is 0 Å². The smallest absolute Gasteiger partial charge is 0.334 e. The van der Waals surface area contributed by atoms with E-state index >= 15 is 0 Å². The van der Waals surface area contributed by atoms with Gasteiger partial charge in [-0.1, -0.05) is 12.7 Å². The minimum atomic E-state index is -1.04. The van der Waals surface area contributed by atoms with Gasteiger partial charge < -0.3 is 20.5 Å². The fraction of sp³-hybridized carbons (Fsp3) is 0.727. The summed E-state index contributed by atoms with van der Waals surface area (Å²) in [6.45, 7) is 6.75. The molecule has 96 valence electrons. The molecule has 5 nitrogen and oxygen atoms in total. The standard InChI is InChI=1S/C6H10O3.C5H14N2/c1-3-4-9-6(8)5(2)7;1-7(2)5-3-4-6/h3,5,7H,1,4H2,2H3;3-6H2,1-2H3. The summed E-state index contributed by atoms with van der Waals surface area (Å²) >= 11 is 0. The number of nitrogens with two attached hydrogens (primary N) is 1. The van der Waals surface area contributed by atoms with Gasteiger partial charge in [0.1, 0.15) is 12.7 Å². The Bertz CT molecular complexity index is 182. The van der Waals surface area contributed by atoms with E-state index in [0.29, 0.717) is 0 Å². The Morgan fingerprint density at radius 3 is 2.44 bits per heavy atom. The summed E-state index contributed by atoms with van der Waals surface area (Å²) in [4.78, 5) is 12.5. The maximum absolute atomic E-state index is 10.4. The van der Waals surface area contributed by atoms with Gasteiger partial charge >= 0.3 is 5.97 Å². The van der Waals surface area contributed by atoms with Gasteiger partial charge in [-0.3, -0.25) is 0 Å². The number of hydrogen-bond donors (Lipinski definition) is 2. The van der Waals surface area contributed by atoms with Gasteiger partial charge in [-0.05, 0) is 40.5 Å². The Hall–Kier alpha value is -0.910. The lowest BCUT2D eigenvalue weighted by atomic mass is 10.4. The minimum Gasteiger partial charge on any atom is -0.460 e. The van der Waals surface area contributed by atoms with Gasteiger partial charge in [-0.15, -0.1) is 0 Å². The normalized spacial score (nSPS) is 11.4. The van der Waals surface area contributed by atoms with Crippen LogP contribution in [0.25, 0.3) is 0 Å². The Morgan fingerprint density at radius 2 is 2.19 bits per heavy atom. The fourth-order valence-electron chi connectivity index (χ4n) is 0.669. The summed E-state index contributed by atoms with van der Waals surface area (Å²) in [7, 11) is 4.10. The molecule has 0 saturated heterocycles. The SMILES string of the molecule is C=CCOC(=O)C(C)O.CN(C)CCCN. The fourth-order valence-corrected chi connectivity index (χ4v) is 0.669. The zero-order chi connectivity index (χ0) is 13.0. The zero-order valence-electron chi connectivity index (χ0n) is 10.5. The Labute approximate surface area is 97.9 Å². The maximum Gasteiger partial charge on any atom is 0.334 e. The highest BCUT2D eigenvalue weighted by Gasteiger charge is 2.07. The molecule has 0 radical (unpaired) electrons. The summed E-state index contributed by atoms with van der Waals surface area (Å²) < 4.78 is 4.45. The second-order valence-electron chi connectivity index (χ2n) is 3.54. The summed E-state index contributed by atoms with van der Waals surface area (Å²) in [6, 6.07) is 0. The van der Waals surface area contributed by atoms with E-state index in [1.54, 1.807) is 0 Å². The van der Waals surface area contributed by atoms with E-state index in [0.717, 1.165) is 19.5 Å². The minimum absolute atomic E-state index is 0.156. The van der Waals surface area contributed by atoms with Crippen LogP contribution in [0.3, 0.4) is 0 Å². The van der Waals surface area contributed by atoms with Crippen LogP contribution in [0.5, 0.6) is 0 Å². The van der Waals surface area contributed by atoms with Crippen LogP contribution in [0, 0.1) is 0 Å². The number of nitrogens with zero attached hydrogens (tertiary/aromatic N) is 1. The molecule has 0 bridgehead atoms. The molecule has 0 rings (SSSR count). The van der Waals surface area contributed by atoms with Gasteiger partial charge in [0, 0.05) is 0 Å². The monoisotopic (exact) mass is 232 g/mol. The van der Waals surface area contributed by atoms with Crippen molar-refractivity contribution >= 4 is 5.97 Å². The van der Waals surface area contributed by atoms with Gasteiger partial charge in [0.15, 0.2) is 0 Å². The van der Waals surface area contributed by atoms with Crippen molar-refractivity contribution in [3.8, 4) is 0 Å². The number of aliphatic hydroxyl groups excluding tert-OH is 1. The Kier molecular flexibility index (Phi) is 13.3. The van der Waals surface area contributed by atoms with Crippen LogP contribution in [-0.2, 0) is 9.53 Å². The Morgan fingerprint density at radius 1 is 1.62 bits per heavy atom. The third-order valence-electron chi connectivity index (χ3n) is 1.49. The van der Waals surface area contributed by atoms with E-state index in [4.69, 9.17) is 10.8 Å². The lowest BCUT2D eigenvalue weighted by Gasteiger charge is -2.05. The van der Waals surface area contributed by atoms with Crippen LogP contribution in [0.2, 0.25) is 0 Å². The number of hydrogen-bond acceptors (Lipinski definition) is 5. The van der Waals surface area contributed by atoms with Gasteiger partial charge in [-0.2, -0.15) is 0 Å². The van der Waals surface area contributed by atoms with Crippen molar-refractivity contribution in [2.45, 2.75) is 19.4 Å². The molecule has 3 N–H and O–H groups in total. The number of aliphatic hydroxyl groups is 1. The highest BCUT2D eigenvalue weighted by molar-refractivity contribution is 5.73. The number of carbonyl (C=O) groups excluding carboxylic acids is 1. The van der Waals surface area contributed by atoms with Crippen LogP contribution >= 0.6 is 0 Å². The molecule has 0 saturated carbocycles. The first-order chi connectivity index (χ1) is 7.45. The topological polar surface area (TPSA) is 75.8 Å². The first kappa shape index (κ1) is 17.5. The first-order valence-corrected chi connectivity index (χ1v) is 5.26. The van der Waals surface area contributed by atoms with E-state index in [1.807, 2.05) is 0 Å². The molecule has 0 aliphatic heterocycles. The summed E-state index contributed by atoms with van der Waals surface area (Å²) in [5.41, 5.74) is 5.25. The van der Waals surface area contributed by atoms with Gasteiger partial charge in [-0.25, -0.2) is 4.79 Å². The summed E-state index contributed by atoms with van der Waals surface area (Å²) in [6.07, 6.45) is 1.51. The van der Waals surface area contributed by atoms with Crippen LogP contribution in [0.15, 0.2) is 12.7 Å². The third kappa shape index (κ3) is 15.6. The second kappa shape index (κ2) is 12.2. The lowest BCUT2D eigenvalue weighted by molar-refractivity contribution is -0.151.